The van der Waals surface area contributed by atoms with E-state index in [0.717, 1.165) is 25.7 Å². The number of nitrogens with zero attached hydrogens (tertiary/aromatic N) is 1. The van der Waals surface area contributed by atoms with E-state index in [1.165, 1.54) is 5.69 Å². The molecule has 1 fully saturated rings. The lowest BCUT2D eigenvalue weighted by Gasteiger charge is -2.26. The van der Waals surface area contributed by atoms with E-state index >= 15 is 0 Å². The van der Waals surface area contributed by atoms with Crippen LogP contribution in [0, 0.1) is 17.2 Å². The van der Waals surface area contributed by atoms with E-state index in [4.69, 9.17) is 5.26 Å². The quantitative estimate of drug-likeness (QED) is 0.795. The molecule has 0 spiro atoms. The van der Waals surface area contributed by atoms with Crippen molar-refractivity contribution in [1.29, 1.82) is 5.26 Å². The monoisotopic (exact) mass is 200 g/mol. The van der Waals surface area contributed by atoms with E-state index < -0.39 is 0 Å². The second kappa shape index (κ2) is 4.84. The van der Waals surface area contributed by atoms with E-state index in [2.05, 4.69) is 23.5 Å². The molecule has 15 heavy (non-hydrogen) atoms. The number of rotatable bonds is 2. The van der Waals surface area contributed by atoms with E-state index in [9.17, 15) is 0 Å². The molecule has 1 aliphatic rings. The largest absolute Gasteiger partial charge is 0.382 e. The maximum atomic E-state index is 8.80. The summed E-state index contributed by atoms with van der Waals surface area (Å²) < 4.78 is 0. The smallest absolute Gasteiger partial charge is 0.0655 e. The van der Waals surface area contributed by atoms with Gasteiger partial charge in [-0.15, -0.1) is 0 Å². The maximum absolute atomic E-state index is 8.80. The number of hydrogen-bond donors (Lipinski definition) is 1. The SMILES string of the molecule is N#CC1CCC(Nc2ccccc2)CC1. The van der Waals surface area contributed by atoms with Gasteiger partial charge in [-0.1, -0.05) is 18.2 Å². The van der Waals surface area contributed by atoms with Crippen LogP contribution in [0.4, 0.5) is 5.69 Å². The minimum atomic E-state index is 0.291. The number of hydrogen-bond acceptors (Lipinski definition) is 2. The van der Waals surface area contributed by atoms with Crippen LogP contribution in [0.3, 0.4) is 0 Å². The Morgan fingerprint density at radius 1 is 1.07 bits per heavy atom. The van der Waals surface area contributed by atoms with Gasteiger partial charge in [0.2, 0.25) is 0 Å². The van der Waals surface area contributed by atoms with Gasteiger partial charge in [0.25, 0.3) is 0 Å². The zero-order valence-electron chi connectivity index (χ0n) is 8.82. The van der Waals surface area contributed by atoms with Gasteiger partial charge in [0.1, 0.15) is 0 Å². The Bertz CT molecular complexity index is 331. The van der Waals surface area contributed by atoms with Crippen molar-refractivity contribution in [3.63, 3.8) is 0 Å². The summed E-state index contributed by atoms with van der Waals surface area (Å²) in [7, 11) is 0. The maximum Gasteiger partial charge on any atom is 0.0655 e. The van der Waals surface area contributed by atoms with Crippen LogP contribution < -0.4 is 5.32 Å². The van der Waals surface area contributed by atoms with Crippen LogP contribution in [0.15, 0.2) is 30.3 Å². The molecule has 0 atom stereocenters. The van der Waals surface area contributed by atoms with Gasteiger partial charge < -0.3 is 5.32 Å². The first kappa shape index (κ1) is 10.0. The third-order valence-corrected chi connectivity index (χ3v) is 3.05. The summed E-state index contributed by atoms with van der Waals surface area (Å²) in [5.41, 5.74) is 1.19. The topological polar surface area (TPSA) is 35.8 Å². The first-order chi connectivity index (χ1) is 7.38. The van der Waals surface area contributed by atoms with Gasteiger partial charge in [-0.2, -0.15) is 5.26 Å². The summed E-state index contributed by atoms with van der Waals surface area (Å²) in [5.74, 6) is 0.291. The zero-order chi connectivity index (χ0) is 10.5. The number of nitriles is 1. The molecule has 0 unspecified atom stereocenters. The fraction of sp³-hybridized carbons (Fsp3) is 0.462. The predicted octanol–water partition coefficient (Wildman–Crippen LogP) is 3.18. The highest BCUT2D eigenvalue weighted by atomic mass is 14.9. The van der Waals surface area contributed by atoms with Gasteiger partial charge >= 0.3 is 0 Å². The highest BCUT2D eigenvalue weighted by Gasteiger charge is 2.20. The average molecular weight is 200 g/mol. The Morgan fingerprint density at radius 3 is 2.33 bits per heavy atom. The third kappa shape index (κ3) is 2.73. The summed E-state index contributed by atoms with van der Waals surface area (Å²) in [6, 6.07) is 13.2. The minimum absolute atomic E-state index is 0.291. The lowest BCUT2D eigenvalue weighted by atomic mass is 9.87. The fourth-order valence-corrected chi connectivity index (χ4v) is 2.14. The van der Waals surface area contributed by atoms with Crippen molar-refractivity contribution in [2.24, 2.45) is 5.92 Å². The second-order valence-corrected chi connectivity index (χ2v) is 4.19. The molecular formula is C13H16N2. The molecule has 1 N–H and O–H groups in total. The van der Waals surface area contributed by atoms with Crippen molar-refractivity contribution in [2.45, 2.75) is 31.7 Å². The van der Waals surface area contributed by atoms with E-state index in [-0.39, 0.29) is 0 Å². The van der Waals surface area contributed by atoms with Gasteiger partial charge in [0.05, 0.1) is 6.07 Å². The van der Waals surface area contributed by atoms with Crippen molar-refractivity contribution < 1.29 is 0 Å². The van der Waals surface area contributed by atoms with Crippen LogP contribution in [0.2, 0.25) is 0 Å². The Labute approximate surface area is 90.9 Å². The summed E-state index contributed by atoms with van der Waals surface area (Å²) >= 11 is 0. The molecule has 1 saturated carbocycles. The summed E-state index contributed by atoms with van der Waals surface area (Å²) in [5, 5.41) is 12.3. The Hall–Kier alpha value is -1.49. The lowest BCUT2D eigenvalue weighted by Crippen LogP contribution is -2.25. The molecule has 0 saturated heterocycles. The number of anilines is 1. The Kier molecular flexibility index (Phi) is 3.24. The highest BCUT2D eigenvalue weighted by Crippen LogP contribution is 2.25. The molecule has 1 aromatic rings. The van der Waals surface area contributed by atoms with Crippen LogP contribution in [0.25, 0.3) is 0 Å². The molecule has 1 aliphatic carbocycles. The molecule has 0 heterocycles. The van der Waals surface area contributed by atoms with Crippen molar-refractivity contribution in [3.05, 3.63) is 30.3 Å². The fourth-order valence-electron chi connectivity index (χ4n) is 2.14. The first-order valence-electron chi connectivity index (χ1n) is 5.59. The molecule has 0 bridgehead atoms. The lowest BCUT2D eigenvalue weighted by molar-refractivity contribution is 0.397. The van der Waals surface area contributed by atoms with Crippen LogP contribution in [0.5, 0.6) is 0 Å². The molecule has 2 heteroatoms. The van der Waals surface area contributed by atoms with E-state index in [1.54, 1.807) is 0 Å². The normalized spacial score (nSPS) is 25.5. The van der Waals surface area contributed by atoms with Crippen LogP contribution in [0.1, 0.15) is 25.7 Å². The minimum Gasteiger partial charge on any atom is -0.382 e. The number of benzene rings is 1. The molecule has 2 nitrogen and oxygen atoms in total. The van der Waals surface area contributed by atoms with Crippen molar-refractivity contribution >= 4 is 5.69 Å². The van der Waals surface area contributed by atoms with Crippen LogP contribution >= 0.6 is 0 Å². The molecule has 1 aromatic carbocycles. The average Bonchev–Trinajstić information content (AvgIpc) is 2.31. The zero-order valence-corrected chi connectivity index (χ0v) is 8.82. The van der Waals surface area contributed by atoms with Gasteiger partial charge in [0, 0.05) is 17.6 Å². The van der Waals surface area contributed by atoms with Crippen molar-refractivity contribution in [2.75, 3.05) is 5.32 Å². The van der Waals surface area contributed by atoms with Gasteiger partial charge in [-0.25, -0.2) is 0 Å². The second-order valence-electron chi connectivity index (χ2n) is 4.19. The van der Waals surface area contributed by atoms with Crippen molar-refractivity contribution in [3.8, 4) is 6.07 Å². The molecule has 2 rings (SSSR count). The highest BCUT2D eigenvalue weighted by molar-refractivity contribution is 5.43. The third-order valence-electron chi connectivity index (χ3n) is 3.05. The molecule has 0 aliphatic heterocycles. The summed E-state index contributed by atoms with van der Waals surface area (Å²) in [6.45, 7) is 0. The Morgan fingerprint density at radius 2 is 1.73 bits per heavy atom. The Balaban J connectivity index is 1.85. The predicted molar refractivity (Wildman–Crippen MR) is 61.4 cm³/mol. The summed E-state index contributed by atoms with van der Waals surface area (Å²) in [4.78, 5) is 0. The molecule has 0 radical (unpaired) electrons. The summed E-state index contributed by atoms with van der Waals surface area (Å²) in [6.07, 6.45) is 4.32. The molecule has 0 amide bonds. The van der Waals surface area contributed by atoms with E-state index in [1.807, 2.05) is 18.2 Å². The van der Waals surface area contributed by atoms with Crippen LogP contribution in [-0.4, -0.2) is 6.04 Å². The van der Waals surface area contributed by atoms with Gasteiger partial charge in [-0.05, 0) is 37.8 Å². The van der Waals surface area contributed by atoms with Gasteiger partial charge in [-0.3, -0.25) is 0 Å². The standard InChI is InChI=1S/C13H16N2/c14-10-11-6-8-13(9-7-11)15-12-4-2-1-3-5-12/h1-5,11,13,15H,6-9H2. The van der Waals surface area contributed by atoms with E-state index in [0.29, 0.717) is 12.0 Å². The van der Waals surface area contributed by atoms with Gasteiger partial charge in [0.15, 0.2) is 0 Å². The number of nitrogens with one attached hydrogen (secondary N) is 1. The first-order valence-corrected chi connectivity index (χ1v) is 5.59. The molecule has 78 valence electrons. The molecular weight excluding hydrogens is 184 g/mol. The van der Waals surface area contributed by atoms with Crippen molar-refractivity contribution in [1.82, 2.24) is 0 Å². The number of para-hydroxylation sites is 1. The van der Waals surface area contributed by atoms with Crippen LogP contribution in [-0.2, 0) is 0 Å². The molecule has 0 aromatic heterocycles.